The highest BCUT2D eigenvalue weighted by molar-refractivity contribution is 6.00. The lowest BCUT2D eigenvalue weighted by molar-refractivity contribution is 0.425. The second kappa shape index (κ2) is 8.90. The summed E-state index contributed by atoms with van der Waals surface area (Å²) in [7, 11) is 4.01. The van der Waals surface area contributed by atoms with Crippen molar-refractivity contribution in [1.82, 2.24) is 40.2 Å². The summed E-state index contributed by atoms with van der Waals surface area (Å²) in [4.78, 5) is 14.5. The van der Waals surface area contributed by atoms with Gasteiger partial charge in [-0.1, -0.05) is 0 Å². The van der Waals surface area contributed by atoms with Crippen molar-refractivity contribution in [2.75, 3.05) is 32.5 Å². The van der Waals surface area contributed by atoms with Gasteiger partial charge in [0.1, 0.15) is 17.2 Å². The topological polar surface area (TPSA) is 114 Å². The van der Waals surface area contributed by atoms with Gasteiger partial charge in [-0.15, -0.1) is 0 Å². The maximum absolute atomic E-state index is 14.6. The lowest BCUT2D eigenvalue weighted by atomic mass is 10.0. The van der Waals surface area contributed by atoms with Crippen LogP contribution in [0.1, 0.15) is 0 Å². The number of halogens is 1. The molecule has 0 saturated carbocycles. The van der Waals surface area contributed by atoms with Crippen LogP contribution in [0.15, 0.2) is 61.2 Å². The molecule has 0 aliphatic carbocycles. The standard InChI is InChI=1S/C26H24FN9/c1-36(2)6-5-28-18-8-15(7-17(27)9-18)19-3-4-29-26-20(19)10-23(33-26)25-21-11-22(16-12-31-32-13-16)30-14-24(21)34-35-25/h3-4,7-14,28H,5-6H2,1-2H3,(H,29,33)(H,31,32)(H,34,35). The Morgan fingerprint density at radius 2 is 1.92 bits per heavy atom. The van der Waals surface area contributed by atoms with Crippen LogP contribution in [0.5, 0.6) is 0 Å². The molecule has 0 atom stereocenters. The molecule has 4 N–H and O–H groups in total. The Kier molecular flexibility index (Phi) is 5.42. The van der Waals surface area contributed by atoms with E-state index in [2.05, 4.69) is 45.6 Å². The van der Waals surface area contributed by atoms with Gasteiger partial charge in [0.15, 0.2) is 0 Å². The van der Waals surface area contributed by atoms with Gasteiger partial charge in [0, 0.05) is 47.5 Å². The second-order valence-electron chi connectivity index (χ2n) is 8.94. The van der Waals surface area contributed by atoms with E-state index in [4.69, 9.17) is 0 Å². The Morgan fingerprint density at radius 1 is 1.00 bits per heavy atom. The van der Waals surface area contributed by atoms with Gasteiger partial charge in [-0.3, -0.25) is 15.2 Å². The number of nitrogens with zero attached hydrogens (tertiary/aromatic N) is 5. The van der Waals surface area contributed by atoms with E-state index in [-0.39, 0.29) is 5.82 Å². The largest absolute Gasteiger partial charge is 0.384 e. The summed E-state index contributed by atoms with van der Waals surface area (Å²) in [6, 6.07) is 10.9. The predicted molar refractivity (Wildman–Crippen MR) is 139 cm³/mol. The second-order valence-corrected chi connectivity index (χ2v) is 8.94. The van der Waals surface area contributed by atoms with Crippen molar-refractivity contribution in [2.45, 2.75) is 0 Å². The van der Waals surface area contributed by atoms with Crippen LogP contribution < -0.4 is 5.32 Å². The summed E-state index contributed by atoms with van der Waals surface area (Å²) >= 11 is 0. The fourth-order valence-electron chi connectivity index (χ4n) is 4.35. The first kappa shape index (κ1) is 21.9. The van der Waals surface area contributed by atoms with E-state index in [1.54, 1.807) is 30.9 Å². The van der Waals surface area contributed by atoms with E-state index in [0.29, 0.717) is 5.65 Å². The van der Waals surface area contributed by atoms with Crippen molar-refractivity contribution in [1.29, 1.82) is 0 Å². The fourth-order valence-corrected chi connectivity index (χ4v) is 4.35. The fraction of sp³-hybridized carbons (Fsp3) is 0.154. The Morgan fingerprint density at radius 3 is 2.75 bits per heavy atom. The molecule has 0 saturated heterocycles. The number of nitrogens with one attached hydrogen (secondary N) is 4. The van der Waals surface area contributed by atoms with Gasteiger partial charge in [0.2, 0.25) is 0 Å². The van der Waals surface area contributed by atoms with E-state index in [1.807, 2.05) is 38.4 Å². The molecular formula is C26H24FN9. The van der Waals surface area contributed by atoms with Crippen molar-refractivity contribution in [3.63, 3.8) is 0 Å². The molecule has 0 amide bonds. The van der Waals surface area contributed by atoms with Gasteiger partial charge < -0.3 is 15.2 Å². The van der Waals surface area contributed by atoms with Crippen LogP contribution in [0.4, 0.5) is 10.1 Å². The summed E-state index contributed by atoms with van der Waals surface area (Å²) in [6.45, 7) is 1.57. The maximum Gasteiger partial charge on any atom is 0.138 e. The molecule has 0 fully saturated rings. The Bertz CT molecular complexity index is 1660. The van der Waals surface area contributed by atoms with Crippen LogP contribution in [0.3, 0.4) is 0 Å². The van der Waals surface area contributed by atoms with Crippen molar-refractivity contribution in [3.8, 4) is 33.8 Å². The number of H-pyrrole nitrogens is 3. The van der Waals surface area contributed by atoms with Gasteiger partial charge in [0.05, 0.1) is 29.3 Å². The predicted octanol–water partition coefficient (Wildman–Crippen LogP) is 4.67. The van der Waals surface area contributed by atoms with Gasteiger partial charge in [0.25, 0.3) is 0 Å². The maximum atomic E-state index is 14.6. The first-order chi connectivity index (χ1) is 17.5. The molecule has 0 unspecified atom stereocenters. The molecule has 0 aliphatic rings. The zero-order valence-electron chi connectivity index (χ0n) is 19.8. The number of benzene rings is 1. The number of rotatable bonds is 7. The van der Waals surface area contributed by atoms with Crippen molar-refractivity contribution in [2.24, 2.45) is 0 Å². The molecule has 5 heterocycles. The highest BCUT2D eigenvalue weighted by Gasteiger charge is 2.16. The Hall–Kier alpha value is -4.57. The monoisotopic (exact) mass is 481 g/mol. The van der Waals surface area contributed by atoms with Crippen LogP contribution in [0.2, 0.25) is 0 Å². The molecule has 5 aromatic heterocycles. The third-order valence-corrected chi connectivity index (χ3v) is 6.13. The highest BCUT2D eigenvalue weighted by atomic mass is 19.1. The Balaban J connectivity index is 1.41. The molecule has 0 bridgehead atoms. The van der Waals surface area contributed by atoms with E-state index in [9.17, 15) is 4.39 Å². The van der Waals surface area contributed by atoms with Crippen LogP contribution in [0.25, 0.3) is 55.7 Å². The number of pyridine rings is 2. The molecule has 0 aliphatic heterocycles. The van der Waals surface area contributed by atoms with Crippen LogP contribution >= 0.6 is 0 Å². The number of likely N-dealkylation sites (N-methyl/N-ethyl adjacent to an activating group) is 1. The number of aromatic nitrogens is 7. The smallest absolute Gasteiger partial charge is 0.138 e. The van der Waals surface area contributed by atoms with E-state index in [0.717, 1.165) is 68.8 Å². The molecule has 180 valence electrons. The number of fused-ring (bicyclic) bond motifs is 2. The zero-order chi connectivity index (χ0) is 24.6. The minimum Gasteiger partial charge on any atom is -0.384 e. The van der Waals surface area contributed by atoms with Crippen LogP contribution in [-0.4, -0.2) is 67.4 Å². The number of hydrogen-bond acceptors (Lipinski definition) is 6. The molecule has 36 heavy (non-hydrogen) atoms. The minimum atomic E-state index is -0.293. The molecular weight excluding hydrogens is 457 g/mol. The minimum absolute atomic E-state index is 0.293. The summed E-state index contributed by atoms with van der Waals surface area (Å²) < 4.78 is 14.6. The van der Waals surface area contributed by atoms with Gasteiger partial charge in [-0.2, -0.15) is 10.2 Å². The Labute approximate surface area is 205 Å². The average molecular weight is 482 g/mol. The third-order valence-electron chi connectivity index (χ3n) is 6.13. The zero-order valence-corrected chi connectivity index (χ0v) is 19.8. The normalized spacial score (nSPS) is 11.7. The summed E-state index contributed by atoms with van der Waals surface area (Å²) in [5.74, 6) is -0.293. The van der Waals surface area contributed by atoms with Crippen LogP contribution in [0, 0.1) is 5.82 Å². The molecule has 6 aromatic rings. The molecule has 10 heteroatoms. The highest BCUT2D eigenvalue weighted by Crippen LogP contribution is 2.35. The lowest BCUT2D eigenvalue weighted by Gasteiger charge is -2.13. The summed E-state index contributed by atoms with van der Waals surface area (Å²) in [5, 5.41) is 19.5. The first-order valence-electron chi connectivity index (χ1n) is 11.6. The average Bonchev–Trinajstić information content (AvgIpc) is 3.62. The SMILES string of the molecule is CN(C)CCNc1cc(F)cc(-c2ccnc3[nH]c(-c4n[nH]c5cnc(-c6cn[nH]c6)cc45)cc23)c1. The van der Waals surface area contributed by atoms with Crippen molar-refractivity contribution in [3.05, 3.63) is 67.0 Å². The molecule has 0 spiro atoms. The number of hydrogen-bond donors (Lipinski definition) is 4. The van der Waals surface area contributed by atoms with Crippen molar-refractivity contribution < 1.29 is 4.39 Å². The van der Waals surface area contributed by atoms with Gasteiger partial charge >= 0.3 is 0 Å². The van der Waals surface area contributed by atoms with Crippen LogP contribution in [-0.2, 0) is 0 Å². The van der Waals surface area contributed by atoms with E-state index >= 15 is 0 Å². The molecule has 0 radical (unpaired) electrons. The quantitative estimate of drug-likeness (QED) is 0.263. The lowest BCUT2D eigenvalue weighted by Crippen LogP contribution is -2.20. The summed E-state index contributed by atoms with van der Waals surface area (Å²) in [6.07, 6.45) is 7.02. The number of anilines is 1. The third kappa shape index (κ3) is 4.07. The van der Waals surface area contributed by atoms with Gasteiger partial charge in [-0.05, 0) is 61.6 Å². The molecule has 1 aromatic carbocycles. The molecule has 9 nitrogen and oxygen atoms in total. The van der Waals surface area contributed by atoms with Gasteiger partial charge in [-0.25, -0.2) is 9.37 Å². The van der Waals surface area contributed by atoms with E-state index in [1.165, 1.54) is 6.07 Å². The van der Waals surface area contributed by atoms with Crippen molar-refractivity contribution >= 4 is 27.6 Å². The first-order valence-corrected chi connectivity index (χ1v) is 11.6. The number of aromatic amines is 3. The molecule has 6 rings (SSSR count). The summed E-state index contributed by atoms with van der Waals surface area (Å²) in [5.41, 5.74) is 7.18. The van der Waals surface area contributed by atoms with E-state index < -0.39 is 0 Å².